The number of nitrogens with one attached hydrogen (secondary N) is 2. The van der Waals surface area contributed by atoms with Crippen LogP contribution in [0.1, 0.15) is 49.1 Å². The van der Waals surface area contributed by atoms with Crippen molar-refractivity contribution in [3.63, 3.8) is 0 Å². The number of aromatic nitrogens is 2. The van der Waals surface area contributed by atoms with Crippen molar-refractivity contribution < 1.29 is 5.11 Å². The molecule has 3 N–H and O–H groups in total. The van der Waals surface area contributed by atoms with E-state index in [4.69, 9.17) is 5.41 Å². The summed E-state index contributed by atoms with van der Waals surface area (Å²) in [4.78, 5) is 11.0. The number of aliphatic hydroxyl groups is 1. The number of β-amino-alcohol motifs (C(OH)–C–C–N with tert-alkyl or cyclic N) is 1. The number of nitrogens with zero attached hydrogens (tertiary/aromatic N) is 3. The van der Waals surface area contributed by atoms with Crippen molar-refractivity contribution in [2.24, 2.45) is 10.8 Å². The van der Waals surface area contributed by atoms with Crippen LogP contribution in [-0.2, 0) is 0 Å². The Morgan fingerprint density at radius 1 is 1.14 bits per heavy atom. The fraction of sp³-hybridized carbons (Fsp3) is 0.500. The second-order valence-electron chi connectivity index (χ2n) is 9.26. The lowest BCUT2D eigenvalue weighted by Crippen LogP contribution is -2.22. The van der Waals surface area contributed by atoms with E-state index in [-0.39, 0.29) is 11.5 Å². The average molecular weight is 375 g/mol. The van der Waals surface area contributed by atoms with Gasteiger partial charge in [0, 0.05) is 42.0 Å². The number of hydrogen-bond acceptors (Lipinski definition) is 6. The minimum atomic E-state index is -0.256. The second kappa shape index (κ2) is 5.54. The van der Waals surface area contributed by atoms with Gasteiger partial charge in [-0.15, -0.1) is 0 Å². The van der Waals surface area contributed by atoms with Crippen LogP contribution in [0.2, 0.25) is 0 Å². The van der Waals surface area contributed by atoms with E-state index in [9.17, 15) is 5.11 Å². The SMILES string of the molecule is N=Cc1ccc(C2CC23CC3)cc1Nc1cc(N2CC(O)C3(CC3)C2)ncn1. The Kier molecular flexibility index (Phi) is 3.26. The van der Waals surface area contributed by atoms with E-state index in [0.29, 0.717) is 17.9 Å². The smallest absolute Gasteiger partial charge is 0.135 e. The molecule has 2 aromatic rings. The summed E-state index contributed by atoms with van der Waals surface area (Å²) in [6, 6.07) is 8.36. The van der Waals surface area contributed by atoms with Gasteiger partial charge in [0.05, 0.1) is 6.10 Å². The molecule has 1 saturated heterocycles. The third-order valence-electron chi connectivity index (χ3n) is 7.45. The van der Waals surface area contributed by atoms with Gasteiger partial charge in [0.15, 0.2) is 0 Å². The predicted octanol–water partition coefficient (Wildman–Crippen LogP) is 3.45. The van der Waals surface area contributed by atoms with E-state index in [0.717, 1.165) is 42.3 Å². The largest absolute Gasteiger partial charge is 0.391 e. The summed E-state index contributed by atoms with van der Waals surface area (Å²) in [7, 11) is 0. The molecule has 2 atom stereocenters. The lowest BCUT2D eigenvalue weighted by molar-refractivity contribution is 0.136. The van der Waals surface area contributed by atoms with E-state index >= 15 is 0 Å². The van der Waals surface area contributed by atoms with Crippen LogP contribution < -0.4 is 10.2 Å². The summed E-state index contributed by atoms with van der Waals surface area (Å²) in [6.07, 6.45) is 8.98. The van der Waals surface area contributed by atoms with Crippen LogP contribution in [0, 0.1) is 16.2 Å². The Morgan fingerprint density at radius 2 is 1.96 bits per heavy atom. The molecule has 4 fully saturated rings. The quantitative estimate of drug-likeness (QED) is 0.697. The predicted molar refractivity (Wildman–Crippen MR) is 109 cm³/mol. The van der Waals surface area contributed by atoms with Gasteiger partial charge in [-0.05, 0) is 55.1 Å². The molecule has 1 aromatic heterocycles. The Morgan fingerprint density at radius 3 is 2.64 bits per heavy atom. The minimum absolute atomic E-state index is 0.100. The summed E-state index contributed by atoms with van der Waals surface area (Å²) in [5.74, 6) is 2.27. The summed E-state index contributed by atoms with van der Waals surface area (Å²) in [6.45, 7) is 1.51. The summed E-state index contributed by atoms with van der Waals surface area (Å²) < 4.78 is 0. The van der Waals surface area contributed by atoms with Gasteiger partial charge >= 0.3 is 0 Å². The Labute approximate surface area is 164 Å². The molecule has 6 heteroatoms. The number of aliphatic hydroxyl groups excluding tert-OH is 1. The van der Waals surface area contributed by atoms with Crippen molar-refractivity contribution >= 4 is 23.5 Å². The fourth-order valence-electron chi connectivity index (χ4n) is 5.06. The zero-order valence-electron chi connectivity index (χ0n) is 15.9. The standard InChI is InChI=1S/C22H25N5O/c23-10-15-2-1-14(16-9-21(16)3-4-21)7-17(15)26-19-8-20(25-13-24-19)27-11-18(28)22(12-27)5-6-22/h1-2,7-8,10,13,16,18,23,28H,3-6,9,11-12H2,(H,24,25,26). The molecule has 6 rings (SSSR count). The molecular weight excluding hydrogens is 350 g/mol. The molecule has 3 saturated carbocycles. The van der Waals surface area contributed by atoms with Gasteiger partial charge in [0.25, 0.3) is 0 Å². The van der Waals surface area contributed by atoms with Crippen LogP contribution in [0.15, 0.2) is 30.6 Å². The first-order valence-corrected chi connectivity index (χ1v) is 10.3. The number of anilines is 3. The lowest BCUT2D eigenvalue weighted by Gasteiger charge is -2.18. The Hall–Kier alpha value is -2.47. The zero-order chi connectivity index (χ0) is 18.9. The number of rotatable bonds is 5. The van der Waals surface area contributed by atoms with Crippen molar-refractivity contribution in [1.82, 2.24) is 9.97 Å². The van der Waals surface area contributed by atoms with Crippen LogP contribution in [0.5, 0.6) is 0 Å². The Balaban J connectivity index is 1.26. The minimum Gasteiger partial charge on any atom is -0.391 e. The highest BCUT2D eigenvalue weighted by molar-refractivity contribution is 5.87. The lowest BCUT2D eigenvalue weighted by atomic mass is 10.0. The third-order valence-corrected chi connectivity index (χ3v) is 7.45. The second-order valence-corrected chi connectivity index (χ2v) is 9.26. The van der Waals surface area contributed by atoms with Crippen LogP contribution in [0.25, 0.3) is 0 Å². The molecule has 2 heterocycles. The molecule has 4 aliphatic rings. The van der Waals surface area contributed by atoms with E-state index in [1.165, 1.54) is 31.0 Å². The first-order chi connectivity index (χ1) is 13.6. The summed E-state index contributed by atoms with van der Waals surface area (Å²) in [5, 5.41) is 21.5. The van der Waals surface area contributed by atoms with Gasteiger partial charge in [-0.2, -0.15) is 0 Å². The van der Waals surface area contributed by atoms with Crippen molar-refractivity contribution in [1.29, 1.82) is 5.41 Å². The van der Waals surface area contributed by atoms with Gasteiger partial charge in [-0.1, -0.05) is 12.1 Å². The number of benzene rings is 1. The highest BCUT2D eigenvalue weighted by Crippen LogP contribution is 2.75. The highest BCUT2D eigenvalue weighted by atomic mass is 16.3. The summed E-state index contributed by atoms with van der Waals surface area (Å²) in [5.41, 5.74) is 3.88. The van der Waals surface area contributed by atoms with E-state index in [1.54, 1.807) is 6.33 Å². The molecular formula is C22H25N5O. The van der Waals surface area contributed by atoms with Gasteiger partial charge in [0.1, 0.15) is 18.0 Å². The van der Waals surface area contributed by atoms with Crippen LogP contribution in [0.4, 0.5) is 17.3 Å². The summed E-state index contributed by atoms with van der Waals surface area (Å²) >= 11 is 0. The van der Waals surface area contributed by atoms with E-state index in [2.05, 4.69) is 32.3 Å². The molecule has 0 bridgehead atoms. The monoisotopic (exact) mass is 375 g/mol. The van der Waals surface area contributed by atoms with Crippen molar-refractivity contribution in [3.8, 4) is 0 Å². The van der Waals surface area contributed by atoms with Gasteiger partial charge < -0.3 is 20.7 Å². The zero-order valence-corrected chi connectivity index (χ0v) is 15.9. The van der Waals surface area contributed by atoms with Crippen LogP contribution in [0.3, 0.4) is 0 Å². The molecule has 0 amide bonds. The first-order valence-electron chi connectivity index (χ1n) is 10.3. The molecule has 3 aliphatic carbocycles. The van der Waals surface area contributed by atoms with Crippen LogP contribution in [-0.4, -0.2) is 40.5 Å². The maximum absolute atomic E-state index is 10.3. The maximum Gasteiger partial charge on any atom is 0.135 e. The normalized spacial score (nSPS) is 27.8. The van der Waals surface area contributed by atoms with Crippen molar-refractivity contribution in [2.75, 3.05) is 23.3 Å². The highest BCUT2D eigenvalue weighted by Gasteiger charge is 2.62. The molecule has 1 aliphatic heterocycles. The molecule has 28 heavy (non-hydrogen) atoms. The molecule has 144 valence electrons. The third kappa shape index (κ3) is 2.54. The molecule has 2 spiro atoms. The molecule has 1 aromatic carbocycles. The van der Waals surface area contributed by atoms with Gasteiger partial charge in [-0.25, -0.2) is 9.97 Å². The molecule has 2 unspecified atom stereocenters. The van der Waals surface area contributed by atoms with Crippen molar-refractivity contribution in [3.05, 3.63) is 41.7 Å². The van der Waals surface area contributed by atoms with Crippen LogP contribution >= 0.6 is 0 Å². The van der Waals surface area contributed by atoms with Crippen molar-refractivity contribution in [2.45, 2.75) is 44.1 Å². The fourth-order valence-corrected chi connectivity index (χ4v) is 5.06. The topological polar surface area (TPSA) is 85.1 Å². The van der Waals surface area contributed by atoms with E-state index in [1.807, 2.05) is 12.1 Å². The average Bonchev–Trinajstić information content (AvgIpc) is 3.62. The van der Waals surface area contributed by atoms with E-state index < -0.39 is 0 Å². The van der Waals surface area contributed by atoms with Gasteiger partial charge in [-0.3, -0.25) is 0 Å². The molecule has 0 radical (unpaired) electrons. The van der Waals surface area contributed by atoms with Gasteiger partial charge in [0.2, 0.25) is 0 Å². The molecule has 6 nitrogen and oxygen atoms in total. The first kappa shape index (κ1) is 16.5. The maximum atomic E-state index is 10.3. The number of hydrogen-bond donors (Lipinski definition) is 3. The Bertz CT molecular complexity index is 965.